The number of nitrogens with one attached hydrogen (secondary N) is 1. The molecule has 0 saturated heterocycles. The first-order valence-electron chi connectivity index (χ1n) is 10.4. The summed E-state index contributed by atoms with van der Waals surface area (Å²) in [4.78, 5) is 28.0. The number of hydrogen-bond acceptors (Lipinski definition) is 4. The van der Waals surface area contributed by atoms with Crippen LogP contribution in [0.3, 0.4) is 0 Å². The number of thiophene rings is 1. The minimum Gasteiger partial charge on any atom is -0.397 e. The monoisotopic (exact) mass is 443 g/mol. The van der Waals surface area contributed by atoms with E-state index in [2.05, 4.69) is 5.32 Å². The molecule has 2 amide bonds. The van der Waals surface area contributed by atoms with Crippen LogP contribution in [0.5, 0.6) is 0 Å². The van der Waals surface area contributed by atoms with Crippen molar-refractivity contribution in [2.24, 2.45) is 0 Å². The van der Waals surface area contributed by atoms with Gasteiger partial charge < -0.3 is 16.0 Å². The van der Waals surface area contributed by atoms with Gasteiger partial charge in [-0.3, -0.25) is 9.59 Å². The van der Waals surface area contributed by atoms with Crippen LogP contribution >= 0.6 is 11.3 Å². The van der Waals surface area contributed by atoms with E-state index in [9.17, 15) is 9.59 Å². The summed E-state index contributed by atoms with van der Waals surface area (Å²) in [5.41, 5.74) is 9.08. The van der Waals surface area contributed by atoms with Crippen molar-refractivity contribution in [3.8, 4) is 0 Å². The van der Waals surface area contributed by atoms with Crippen LogP contribution in [0.25, 0.3) is 10.1 Å². The molecule has 0 spiro atoms. The van der Waals surface area contributed by atoms with Gasteiger partial charge >= 0.3 is 0 Å². The first-order valence-corrected chi connectivity index (χ1v) is 11.2. The standard InChI is InChI=1S/C26H25N3O2S/c1-17(26(31)29(2)16-18-8-4-3-5-9-18)19-12-13-20-15-24(32-23(20)14-19)25(30)28-22-11-7-6-10-21(22)27/h3-15,17H,16,27H2,1-2H3,(H,28,30). The quantitative estimate of drug-likeness (QED) is 0.387. The normalized spacial score (nSPS) is 11.8. The largest absolute Gasteiger partial charge is 0.397 e. The molecule has 1 atom stereocenters. The minimum atomic E-state index is -0.281. The SMILES string of the molecule is CC(C(=O)N(C)Cc1ccccc1)c1ccc2cc(C(=O)Nc3ccccc3N)sc2c1. The first kappa shape index (κ1) is 21.6. The molecule has 0 radical (unpaired) electrons. The van der Waals surface area contributed by atoms with E-state index >= 15 is 0 Å². The van der Waals surface area contributed by atoms with Gasteiger partial charge in [0.05, 0.1) is 22.2 Å². The van der Waals surface area contributed by atoms with Crippen molar-refractivity contribution < 1.29 is 9.59 Å². The molecule has 4 aromatic rings. The van der Waals surface area contributed by atoms with Crippen LogP contribution < -0.4 is 11.1 Å². The van der Waals surface area contributed by atoms with Gasteiger partial charge in [0.2, 0.25) is 5.91 Å². The zero-order chi connectivity index (χ0) is 22.7. The molecule has 1 heterocycles. The average Bonchev–Trinajstić information content (AvgIpc) is 3.24. The van der Waals surface area contributed by atoms with Gasteiger partial charge in [-0.15, -0.1) is 11.3 Å². The molecule has 1 aromatic heterocycles. The number of para-hydroxylation sites is 2. The van der Waals surface area contributed by atoms with Crippen LogP contribution in [0, 0.1) is 0 Å². The first-order chi connectivity index (χ1) is 15.4. The Morgan fingerprint density at radius 1 is 1.00 bits per heavy atom. The molecule has 5 nitrogen and oxygen atoms in total. The van der Waals surface area contributed by atoms with E-state index < -0.39 is 0 Å². The van der Waals surface area contributed by atoms with Gasteiger partial charge in [-0.2, -0.15) is 0 Å². The molecule has 4 rings (SSSR count). The zero-order valence-electron chi connectivity index (χ0n) is 18.0. The lowest BCUT2D eigenvalue weighted by molar-refractivity contribution is -0.131. The van der Waals surface area contributed by atoms with Crippen molar-refractivity contribution in [3.63, 3.8) is 0 Å². The second-order valence-electron chi connectivity index (χ2n) is 7.85. The molecular formula is C26H25N3O2S. The Morgan fingerprint density at radius 2 is 1.72 bits per heavy atom. The zero-order valence-corrected chi connectivity index (χ0v) is 18.9. The Hall–Kier alpha value is -3.64. The highest BCUT2D eigenvalue weighted by molar-refractivity contribution is 7.20. The van der Waals surface area contributed by atoms with Crippen LogP contribution in [0.15, 0.2) is 78.9 Å². The fraction of sp³-hybridized carbons (Fsp3) is 0.154. The topological polar surface area (TPSA) is 75.4 Å². The third-order valence-corrected chi connectivity index (χ3v) is 6.58. The Kier molecular flexibility index (Phi) is 6.23. The van der Waals surface area contributed by atoms with Gasteiger partial charge in [-0.1, -0.05) is 54.6 Å². The molecule has 0 aliphatic carbocycles. The van der Waals surface area contributed by atoms with Gasteiger partial charge in [-0.05, 0) is 47.7 Å². The van der Waals surface area contributed by atoms with Crippen LogP contribution in [-0.4, -0.2) is 23.8 Å². The molecule has 0 bridgehead atoms. The van der Waals surface area contributed by atoms with Gasteiger partial charge in [0.25, 0.3) is 5.91 Å². The number of nitrogens with two attached hydrogens (primary N) is 1. The van der Waals surface area contributed by atoms with Crippen molar-refractivity contribution in [1.29, 1.82) is 0 Å². The van der Waals surface area contributed by atoms with Gasteiger partial charge in [0.1, 0.15) is 0 Å². The van der Waals surface area contributed by atoms with E-state index in [4.69, 9.17) is 5.73 Å². The highest BCUT2D eigenvalue weighted by Gasteiger charge is 2.20. The lowest BCUT2D eigenvalue weighted by Crippen LogP contribution is -2.30. The summed E-state index contributed by atoms with van der Waals surface area (Å²) in [6.45, 7) is 2.49. The maximum atomic E-state index is 13.0. The summed E-state index contributed by atoms with van der Waals surface area (Å²) in [6.07, 6.45) is 0. The van der Waals surface area contributed by atoms with Crippen molar-refractivity contribution in [2.75, 3.05) is 18.1 Å². The third kappa shape index (κ3) is 4.65. The van der Waals surface area contributed by atoms with E-state index in [-0.39, 0.29) is 17.7 Å². The molecule has 0 aliphatic rings. The average molecular weight is 444 g/mol. The Labute approximate surface area is 191 Å². The number of fused-ring (bicyclic) bond motifs is 1. The van der Waals surface area contributed by atoms with Crippen LogP contribution in [0.1, 0.15) is 33.6 Å². The number of likely N-dealkylation sites (N-methyl/N-ethyl adjacent to an activating group) is 1. The predicted octanol–water partition coefficient (Wildman–Crippen LogP) is 5.50. The highest BCUT2D eigenvalue weighted by atomic mass is 32.1. The number of nitrogens with zero attached hydrogens (tertiary/aromatic N) is 1. The smallest absolute Gasteiger partial charge is 0.265 e. The molecule has 3 aromatic carbocycles. The third-order valence-electron chi connectivity index (χ3n) is 5.49. The molecule has 3 N–H and O–H groups in total. The fourth-order valence-electron chi connectivity index (χ4n) is 3.63. The Bertz CT molecular complexity index is 1270. The van der Waals surface area contributed by atoms with E-state index in [1.807, 2.05) is 80.7 Å². The van der Waals surface area contributed by atoms with Crippen LogP contribution in [0.2, 0.25) is 0 Å². The van der Waals surface area contributed by atoms with Crippen molar-refractivity contribution in [1.82, 2.24) is 4.90 Å². The molecular weight excluding hydrogens is 418 g/mol. The van der Waals surface area contributed by atoms with Crippen LogP contribution in [0.4, 0.5) is 11.4 Å². The molecule has 0 saturated carbocycles. The lowest BCUT2D eigenvalue weighted by atomic mass is 9.99. The molecule has 0 aliphatic heterocycles. The molecule has 1 unspecified atom stereocenters. The Morgan fingerprint density at radius 3 is 2.47 bits per heavy atom. The predicted molar refractivity (Wildman–Crippen MR) is 132 cm³/mol. The van der Waals surface area contributed by atoms with E-state index in [0.717, 1.165) is 21.2 Å². The number of carbonyl (C=O) groups excluding carboxylic acids is 2. The number of rotatable bonds is 6. The summed E-state index contributed by atoms with van der Waals surface area (Å²) < 4.78 is 0.971. The van der Waals surface area contributed by atoms with Gasteiger partial charge in [0.15, 0.2) is 0 Å². The minimum absolute atomic E-state index is 0.0577. The van der Waals surface area contributed by atoms with E-state index in [1.54, 1.807) is 17.0 Å². The summed E-state index contributed by atoms with van der Waals surface area (Å²) in [6, 6.07) is 24.9. The number of carbonyl (C=O) groups is 2. The summed E-state index contributed by atoms with van der Waals surface area (Å²) in [5, 5.41) is 3.84. The molecule has 162 valence electrons. The second kappa shape index (κ2) is 9.24. The highest BCUT2D eigenvalue weighted by Crippen LogP contribution is 2.30. The fourth-order valence-corrected chi connectivity index (χ4v) is 4.64. The number of benzene rings is 3. The van der Waals surface area contributed by atoms with Gasteiger partial charge in [0, 0.05) is 18.3 Å². The molecule has 32 heavy (non-hydrogen) atoms. The van der Waals surface area contributed by atoms with Crippen molar-refractivity contribution >= 4 is 44.6 Å². The summed E-state index contributed by atoms with van der Waals surface area (Å²) >= 11 is 1.41. The maximum absolute atomic E-state index is 13.0. The number of amides is 2. The Balaban J connectivity index is 1.50. The molecule has 0 fully saturated rings. The van der Waals surface area contributed by atoms with Gasteiger partial charge in [-0.25, -0.2) is 0 Å². The second-order valence-corrected chi connectivity index (χ2v) is 8.93. The van der Waals surface area contributed by atoms with E-state index in [0.29, 0.717) is 22.8 Å². The number of hydrogen-bond donors (Lipinski definition) is 2. The van der Waals surface area contributed by atoms with E-state index in [1.165, 1.54) is 11.3 Å². The van der Waals surface area contributed by atoms with Crippen molar-refractivity contribution in [2.45, 2.75) is 19.4 Å². The summed E-state index contributed by atoms with van der Waals surface area (Å²) in [7, 11) is 1.83. The van der Waals surface area contributed by atoms with Crippen molar-refractivity contribution in [3.05, 3.63) is 94.9 Å². The number of anilines is 2. The summed E-state index contributed by atoms with van der Waals surface area (Å²) in [5.74, 6) is -0.420. The molecule has 6 heteroatoms. The lowest BCUT2D eigenvalue weighted by Gasteiger charge is -2.22. The number of nitrogen functional groups attached to an aromatic ring is 1. The maximum Gasteiger partial charge on any atom is 0.265 e. The van der Waals surface area contributed by atoms with Crippen LogP contribution in [-0.2, 0) is 11.3 Å².